The monoisotopic (exact) mass is 228 g/mol. The molecule has 0 bridgehead atoms. The summed E-state index contributed by atoms with van der Waals surface area (Å²) in [6, 6.07) is 9.74. The molecule has 0 radical (unpaired) electrons. The van der Waals surface area contributed by atoms with Crippen LogP contribution in [0.3, 0.4) is 0 Å². The minimum Gasteiger partial charge on any atom is -0.488 e. The average Bonchev–Trinajstić information content (AvgIpc) is 2.37. The van der Waals surface area contributed by atoms with Crippen LogP contribution in [0.25, 0.3) is 0 Å². The van der Waals surface area contributed by atoms with Crippen molar-refractivity contribution in [1.29, 1.82) is 0 Å². The molecule has 1 heteroatoms. The van der Waals surface area contributed by atoms with Crippen molar-refractivity contribution in [1.82, 2.24) is 0 Å². The van der Waals surface area contributed by atoms with Crippen LogP contribution in [0.5, 0.6) is 5.75 Å². The average molecular weight is 228 g/mol. The molecular weight excluding hydrogens is 208 g/mol. The minimum atomic E-state index is 0.477. The molecule has 0 aromatic heterocycles. The van der Waals surface area contributed by atoms with Crippen molar-refractivity contribution in [2.45, 2.75) is 32.6 Å². The Kier molecular flexibility index (Phi) is 6.67. The maximum absolute atomic E-state index is 5.54. The largest absolute Gasteiger partial charge is 0.488 e. The van der Waals surface area contributed by atoms with Gasteiger partial charge in [-0.05, 0) is 18.6 Å². The van der Waals surface area contributed by atoms with E-state index in [4.69, 9.17) is 4.74 Å². The van der Waals surface area contributed by atoms with Crippen LogP contribution in [-0.2, 0) is 0 Å². The van der Waals surface area contributed by atoms with Crippen LogP contribution in [-0.4, -0.2) is 6.61 Å². The van der Waals surface area contributed by atoms with Gasteiger partial charge in [0.05, 0.1) is 0 Å². The van der Waals surface area contributed by atoms with E-state index in [0.29, 0.717) is 6.61 Å². The Hall–Kier alpha value is -1.68. The van der Waals surface area contributed by atoms with E-state index in [0.717, 1.165) is 17.7 Å². The molecule has 1 aromatic rings. The summed E-state index contributed by atoms with van der Waals surface area (Å²) in [6.07, 6.45) is 4.62. The third-order valence-electron chi connectivity index (χ3n) is 2.33. The van der Waals surface area contributed by atoms with E-state index >= 15 is 0 Å². The predicted molar refractivity (Wildman–Crippen MR) is 73.0 cm³/mol. The van der Waals surface area contributed by atoms with Gasteiger partial charge in [-0.2, -0.15) is 0 Å². The van der Waals surface area contributed by atoms with Crippen molar-refractivity contribution in [3.05, 3.63) is 42.5 Å². The van der Waals surface area contributed by atoms with E-state index in [9.17, 15) is 0 Å². The summed E-state index contributed by atoms with van der Waals surface area (Å²) < 4.78 is 5.54. The fourth-order valence-electron chi connectivity index (χ4n) is 1.37. The van der Waals surface area contributed by atoms with Crippen LogP contribution in [0.4, 0.5) is 0 Å². The third-order valence-corrected chi connectivity index (χ3v) is 2.33. The van der Waals surface area contributed by atoms with Gasteiger partial charge in [0.15, 0.2) is 0 Å². The highest BCUT2D eigenvalue weighted by Gasteiger charge is 1.92. The number of benzene rings is 1. The van der Waals surface area contributed by atoms with Gasteiger partial charge < -0.3 is 4.74 Å². The van der Waals surface area contributed by atoms with Gasteiger partial charge in [-0.3, -0.25) is 0 Å². The zero-order valence-electron chi connectivity index (χ0n) is 10.5. The number of para-hydroxylation sites is 1. The molecule has 0 aliphatic rings. The Bertz CT molecular complexity index is 381. The van der Waals surface area contributed by atoms with E-state index in [1.807, 2.05) is 30.3 Å². The molecule has 17 heavy (non-hydrogen) atoms. The number of ether oxygens (including phenoxy) is 1. The Labute approximate surface area is 105 Å². The SMILES string of the molecule is C=C(C#CCCCCC)COc1ccccc1. The molecule has 0 aliphatic carbocycles. The van der Waals surface area contributed by atoms with Crippen molar-refractivity contribution in [3.8, 4) is 17.6 Å². The van der Waals surface area contributed by atoms with E-state index in [2.05, 4.69) is 25.3 Å². The first-order chi connectivity index (χ1) is 8.33. The number of rotatable bonds is 6. The second kappa shape index (κ2) is 8.47. The fraction of sp³-hybridized carbons (Fsp3) is 0.375. The summed E-state index contributed by atoms with van der Waals surface area (Å²) in [5.41, 5.74) is 0.838. The van der Waals surface area contributed by atoms with Gasteiger partial charge in [0.2, 0.25) is 0 Å². The molecule has 1 aromatic carbocycles. The molecular formula is C16H20O. The van der Waals surface area contributed by atoms with Crippen LogP contribution in [0.15, 0.2) is 42.5 Å². The molecule has 0 saturated carbocycles. The molecule has 1 nitrogen and oxygen atoms in total. The second-order valence-corrected chi connectivity index (χ2v) is 3.96. The third kappa shape index (κ3) is 6.48. The predicted octanol–water partition coefficient (Wildman–Crippen LogP) is 4.21. The van der Waals surface area contributed by atoms with E-state index < -0.39 is 0 Å². The maximum atomic E-state index is 5.54. The van der Waals surface area contributed by atoms with E-state index in [-0.39, 0.29) is 0 Å². The van der Waals surface area contributed by atoms with Crippen molar-refractivity contribution in [2.75, 3.05) is 6.61 Å². The number of hydrogen-bond acceptors (Lipinski definition) is 1. The van der Waals surface area contributed by atoms with Crippen molar-refractivity contribution < 1.29 is 4.74 Å². The smallest absolute Gasteiger partial charge is 0.120 e. The fourth-order valence-corrected chi connectivity index (χ4v) is 1.37. The van der Waals surface area contributed by atoms with Crippen LogP contribution >= 0.6 is 0 Å². The first-order valence-corrected chi connectivity index (χ1v) is 6.17. The van der Waals surface area contributed by atoms with Gasteiger partial charge in [0.25, 0.3) is 0 Å². The van der Waals surface area contributed by atoms with Crippen LogP contribution in [0, 0.1) is 11.8 Å². The van der Waals surface area contributed by atoms with Gasteiger partial charge in [-0.25, -0.2) is 0 Å². The number of unbranched alkanes of at least 4 members (excludes halogenated alkanes) is 3. The molecule has 0 saturated heterocycles. The van der Waals surface area contributed by atoms with Crippen molar-refractivity contribution >= 4 is 0 Å². The second-order valence-electron chi connectivity index (χ2n) is 3.96. The van der Waals surface area contributed by atoms with Crippen LogP contribution in [0.2, 0.25) is 0 Å². The molecule has 0 spiro atoms. The minimum absolute atomic E-state index is 0.477. The van der Waals surface area contributed by atoms with Gasteiger partial charge in [0, 0.05) is 12.0 Å². The zero-order chi connectivity index (χ0) is 12.3. The standard InChI is InChI=1S/C16H20O/c1-3-4-5-6-8-11-15(2)14-17-16-12-9-7-10-13-16/h7,9-10,12-13H,2-6,14H2,1H3. The Morgan fingerprint density at radius 1 is 1.24 bits per heavy atom. The highest BCUT2D eigenvalue weighted by molar-refractivity contribution is 5.28. The lowest BCUT2D eigenvalue weighted by Gasteiger charge is -2.03. The number of hydrogen-bond donors (Lipinski definition) is 0. The van der Waals surface area contributed by atoms with E-state index in [1.54, 1.807) is 0 Å². The van der Waals surface area contributed by atoms with Gasteiger partial charge >= 0.3 is 0 Å². The molecule has 90 valence electrons. The van der Waals surface area contributed by atoms with Gasteiger partial charge in [-0.1, -0.05) is 56.4 Å². The first-order valence-electron chi connectivity index (χ1n) is 6.17. The van der Waals surface area contributed by atoms with Crippen LogP contribution in [0.1, 0.15) is 32.6 Å². The molecule has 0 atom stereocenters. The molecule has 0 fully saturated rings. The van der Waals surface area contributed by atoms with Crippen molar-refractivity contribution in [3.63, 3.8) is 0 Å². The lowest BCUT2D eigenvalue weighted by atomic mass is 10.2. The summed E-state index contributed by atoms with van der Waals surface area (Å²) in [7, 11) is 0. The van der Waals surface area contributed by atoms with Crippen LogP contribution < -0.4 is 4.74 Å². The lowest BCUT2D eigenvalue weighted by molar-refractivity contribution is 0.357. The highest BCUT2D eigenvalue weighted by atomic mass is 16.5. The zero-order valence-corrected chi connectivity index (χ0v) is 10.5. The van der Waals surface area contributed by atoms with Gasteiger partial charge in [0.1, 0.15) is 12.4 Å². The summed E-state index contributed by atoms with van der Waals surface area (Å²) in [5, 5.41) is 0. The van der Waals surface area contributed by atoms with Gasteiger partial charge in [-0.15, -0.1) is 0 Å². The van der Waals surface area contributed by atoms with E-state index in [1.165, 1.54) is 19.3 Å². The molecule has 0 aliphatic heterocycles. The van der Waals surface area contributed by atoms with Crippen molar-refractivity contribution in [2.24, 2.45) is 0 Å². The molecule has 0 N–H and O–H groups in total. The summed E-state index contributed by atoms with van der Waals surface area (Å²) in [4.78, 5) is 0. The molecule has 0 unspecified atom stereocenters. The summed E-state index contributed by atoms with van der Waals surface area (Å²) >= 11 is 0. The topological polar surface area (TPSA) is 9.23 Å². The Balaban J connectivity index is 2.21. The quantitative estimate of drug-likeness (QED) is 0.523. The Morgan fingerprint density at radius 2 is 2.00 bits per heavy atom. The summed E-state index contributed by atoms with van der Waals surface area (Å²) in [6.45, 7) is 6.56. The maximum Gasteiger partial charge on any atom is 0.120 e. The molecule has 1 rings (SSSR count). The highest BCUT2D eigenvalue weighted by Crippen LogP contribution is 2.09. The molecule has 0 heterocycles. The summed E-state index contributed by atoms with van der Waals surface area (Å²) in [5.74, 6) is 7.03. The molecule has 0 amide bonds. The Morgan fingerprint density at radius 3 is 2.71 bits per heavy atom. The first kappa shape index (κ1) is 13.4. The lowest BCUT2D eigenvalue weighted by Crippen LogP contribution is -1.98. The normalized spacial score (nSPS) is 9.24.